The smallest absolute Gasteiger partial charge is 0.422 e. The van der Waals surface area contributed by atoms with Gasteiger partial charge in [-0.1, -0.05) is 37.5 Å². The molecule has 0 atom stereocenters. The zero-order valence-corrected chi connectivity index (χ0v) is 16.9. The first kappa shape index (κ1) is 22.1. The Hall–Kier alpha value is -2.61. The van der Waals surface area contributed by atoms with Crippen LogP contribution in [0.3, 0.4) is 0 Å². The third-order valence-corrected chi connectivity index (χ3v) is 5.27. The van der Waals surface area contributed by atoms with Gasteiger partial charge in [0, 0.05) is 30.5 Å². The van der Waals surface area contributed by atoms with E-state index < -0.39 is 12.8 Å². The average molecular weight is 421 g/mol. The van der Waals surface area contributed by atoms with Gasteiger partial charge in [-0.3, -0.25) is 9.69 Å². The maximum Gasteiger partial charge on any atom is 0.422 e. The van der Waals surface area contributed by atoms with Crippen LogP contribution in [-0.2, 0) is 6.54 Å². The van der Waals surface area contributed by atoms with Crippen LogP contribution in [-0.4, -0.2) is 41.7 Å². The van der Waals surface area contributed by atoms with Gasteiger partial charge >= 0.3 is 6.18 Å². The van der Waals surface area contributed by atoms with E-state index in [1.54, 1.807) is 0 Å². The van der Waals surface area contributed by atoms with Gasteiger partial charge in [-0.25, -0.2) is 4.98 Å². The fourth-order valence-electron chi connectivity index (χ4n) is 3.65. The van der Waals surface area contributed by atoms with Gasteiger partial charge in [0.25, 0.3) is 5.91 Å². The number of pyridine rings is 1. The van der Waals surface area contributed by atoms with Crippen molar-refractivity contribution in [3.63, 3.8) is 0 Å². The third-order valence-electron chi connectivity index (χ3n) is 5.27. The Kier molecular flexibility index (Phi) is 7.31. The summed E-state index contributed by atoms with van der Waals surface area (Å²) >= 11 is 0. The number of benzene rings is 1. The van der Waals surface area contributed by atoms with Crippen molar-refractivity contribution in [3.8, 4) is 5.88 Å². The Labute approximate surface area is 174 Å². The number of amides is 1. The van der Waals surface area contributed by atoms with Crippen molar-refractivity contribution < 1.29 is 22.7 Å². The summed E-state index contributed by atoms with van der Waals surface area (Å²) in [7, 11) is 2.11. The van der Waals surface area contributed by atoms with Crippen molar-refractivity contribution in [1.82, 2.24) is 9.88 Å². The SMILES string of the molecule is CN(Cc1ccccc1NC(=O)c1ccc(OCC(F)(F)F)nc1)C1CCCCC1. The lowest BCUT2D eigenvalue weighted by Crippen LogP contribution is -2.33. The highest BCUT2D eigenvalue weighted by molar-refractivity contribution is 6.04. The summed E-state index contributed by atoms with van der Waals surface area (Å²) in [5, 5.41) is 2.88. The number of nitrogens with one attached hydrogen (secondary N) is 1. The van der Waals surface area contributed by atoms with Crippen LogP contribution in [0, 0.1) is 0 Å². The Bertz CT molecular complexity index is 834. The molecule has 2 aromatic rings. The highest BCUT2D eigenvalue weighted by Crippen LogP contribution is 2.25. The second kappa shape index (κ2) is 9.93. The number of aromatic nitrogens is 1. The Morgan fingerprint density at radius 2 is 1.90 bits per heavy atom. The number of para-hydroxylation sites is 1. The van der Waals surface area contributed by atoms with E-state index in [0.29, 0.717) is 11.7 Å². The summed E-state index contributed by atoms with van der Waals surface area (Å²) in [5.74, 6) is -0.559. The molecular weight excluding hydrogens is 395 g/mol. The summed E-state index contributed by atoms with van der Waals surface area (Å²) in [6, 6.07) is 10.8. The first-order chi connectivity index (χ1) is 14.3. The molecule has 3 rings (SSSR count). The zero-order chi connectivity index (χ0) is 21.6. The van der Waals surface area contributed by atoms with Gasteiger partial charge < -0.3 is 10.1 Å². The first-order valence-electron chi connectivity index (χ1n) is 10.1. The van der Waals surface area contributed by atoms with E-state index in [2.05, 4.69) is 27.0 Å². The Morgan fingerprint density at radius 1 is 1.17 bits per heavy atom. The molecule has 1 amide bonds. The second-order valence-corrected chi connectivity index (χ2v) is 7.61. The number of carbonyl (C=O) groups excluding carboxylic acids is 1. The molecule has 1 saturated carbocycles. The topological polar surface area (TPSA) is 54.5 Å². The lowest BCUT2D eigenvalue weighted by Gasteiger charge is -2.31. The van der Waals surface area contributed by atoms with Gasteiger partial charge in [-0.2, -0.15) is 13.2 Å². The van der Waals surface area contributed by atoms with Gasteiger partial charge in [0.2, 0.25) is 5.88 Å². The standard InChI is InChI=1S/C22H26F3N3O2/c1-28(18-8-3-2-4-9-18)14-17-7-5-6-10-19(17)27-21(29)16-11-12-20(26-13-16)30-15-22(23,24)25/h5-7,10-13,18H,2-4,8-9,14-15H2,1H3,(H,27,29). The van der Waals surface area contributed by atoms with Crippen LogP contribution < -0.4 is 10.1 Å². The minimum absolute atomic E-state index is 0.182. The molecule has 5 nitrogen and oxygen atoms in total. The van der Waals surface area contributed by atoms with E-state index in [1.807, 2.05) is 24.3 Å². The maximum atomic E-state index is 12.6. The molecule has 30 heavy (non-hydrogen) atoms. The van der Waals surface area contributed by atoms with Gasteiger partial charge in [0.15, 0.2) is 6.61 Å². The summed E-state index contributed by atoms with van der Waals surface area (Å²) in [6.45, 7) is -0.697. The number of halogens is 3. The molecule has 0 radical (unpaired) electrons. The summed E-state index contributed by atoms with van der Waals surface area (Å²) in [4.78, 5) is 18.7. The van der Waals surface area contributed by atoms with Crippen molar-refractivity contribution >= 4 is 11.6 Å². The summed E-state index contributed by atoms with van der Waals surface area (Å²) in [5.41, 5.74) is 1.96. The summed E-state index contributed by atoms with van der Waals surface area (Å²) < 4.78 is 41.2. The minimum atomic E-state index is -4.44. The normalized spacial score (nSPS) is 15.2. The van der Waals surface area contributed by atoms with Crippen LogP contribution in [0.1, 0.15) is 48.0 Å². The van der Waals surface area contributed by atoms with Crippen molar-refractivity contribution in [3.05, 3.63) is 53.7 Å². The summed E-state index contributed by atoms with van der Waals surface area (Å²) in [6.07, 6.45) is 2.96. The third kappa shape index (κ3) is 6.45. The average Bonchev–Trinajstić information content (AvgIpc) is 2.74. The molecule has 0 bridgehead atoms. The van der Waals surface area contributed by atoms with E-state index in [-0.39, 0.29) is 17.4 Å². The number of nitrogens with zero attached hydrogens (tertiary/aromatic N) is 2. The number of ether oxygens (including phenoxy) is 1. The molecule has 1 heterocycles. The lowest BCUT2D eigenvalue weighted by atomic mass is 9.94. The molecular formula is C22H26F3N3O2. The highest BCUT2D eigenvalue weighted by Gasteiger charge is 2.28. The lowest BCUT2D eigenvalue weighted by molar-refractivity contribution is -0.154. The van der Waals surface area contributed by atoms with Gasteiger partial charge in [-0.05, 0) is 37.6 Å². The second-order valence-electron chi connectivity index (χ2n) is 7.61. The monoisotopic (exact) mass is 421 g/mol. The fourth-order valence-corrected chi connectivity index (χ4v) is 3.65. The molecule has 0 saturated heterocycles. The molecule has 1 aromatic carbocycles. The molecule has 1 aliphatic carbocycles. The van der Waals surface area contributed by atoms with Crippen LogP contribution in [0.5, 0.6) is 5.88 Å². The van der Waals surface area contributed by atoms with Crippen molar-refractivity contribution in [2.45, 2.75) is 50.9 Å². The zero-order valence-electron chi connectivity index (χ0n) is 16.9. The molecule has 0 aliphatic heterocycles. The molecule has 1 fully saturated rings. The van der Waals surface area contributed by atoms with Crippen LogP contribution >= 0.6 is 0 Å². The van der Waals surface area contributed by atoms with E-state index in [9.17, 15) is 18.0 Å². The minimum Gasteiger partial charge on any atom is -0.468 e. The number of carbonyl (C=O) groups is 1. The largest absolute Gasteiger partial charge is 0.468 e. The van der Waals surface area contributed by atoms with Crippen LogP contribution in [0.4, 0.5) is 18.9 Å². The number of hydrogen-bond acceptors (Lipinski definition) is 4. The van der Waals surface area contributed by atoms with Gasteiger partial charge in [0.05, 0.1) is 5.56 Å². The number of anilines is 1. The number of hydrogen-bond donors (Lipinski definition) is 1. The maximum absolute atomic E-state index is 12.6. The molecule has 0 unspecified atom stereocenters. The number of alkyl halides is 3. The van der Waals surface area contributed by atoms with Crippen molar-refractivity contribution in [2.24, 2.45) is 0 Å². The van der Waals surface area contributed by atoms with E-state index in [1.165, 1.54) is 50.4 Å². The predicted octanol–water partition coefficient (Wildman–Crippen LogP) is 5.04. The molecule has 1 aliphatic rings. The van der Waals surface area contributed by atoms with Crippen LogP contribution in [0.2, 0.25) is 0 Å². The van der Waals surface area contributed by atoms with E-state index >= 15 is 0 Å². The van der Waals surface area contributed by atoms with Crippen LogP contribution in [0.15, 0.2) is 42.6 Å². The molecule has 162 valence electrons. The fraction of sp³-hybridized carbons (Fsp3) is 0.455. The first-order valence-corrected chi connectivity index (χ1v) is 10.1. The predicted molar refractivity (Wildman–Crippen MR) is 109 cm³/mol. The molecule has 1 aromatic heterocycles. The van der Waals surface area contributed by atoms with Crippen LogP contribution in [0.25, 0.3) is 0 Å². The van der Waals surface area contributed by atoms with Gasteiger partial charge in [-0.15, -0.1) is 0 Å². The van der Waals surface area contributed by atoms with E-state index in [4.69, 9.17) is 0 Å². The molecule has 1 N–H and O–H groups in total. The molecule has 0 spiro atoms. The van der Waals surface area contributed by atoms with Crippen molar-refractivity contribution in [1.29, 1.82) is 0 Å². The molecule has 8 heteroatoms. The Morgan fingerprint density at radius 3 is 2.57 bits per heavy atom. The van der Waals surface area contributed by atoms with Gasteiger partial charge in [0.1, 0.15) is 0 Å². The highest BCUT2D eigenvalue weighted by atomic mass is 19.4. The van der Waals surface area contributed by atoms with E-state index in [0.717, 1.165) is 12.1 Å². The Balaban J connectivity index is 1.62. The number of rotatable bonds is 7. The quantitative estimate of drug-likeness (QED) is 0.681. The van der Waals surface area contributed by atoms with Crippen molar-refractivity contribution in [2.75, 3.05) is 19.0 Å².